The van der Waals surface area contributed by atoms with Crippen LogP contribution >= 0.6 is 0 Å². The Hall–Kier alpha value is -3.19. The summed E-state index contributed by atoms with van der Waals surface area (Å²) in [6.45, 7) is 4.16. The number of para-hydroxylation sites is 1. The molecule has 1 aliphatic heterocycles. The highest BCUT2D eigenvalue weighted by molar-refractivity contribution is 5.99. The molecule has 2 aliphatic rings. The third-order valence-electron chi connectivity index (χ3n) is 6.75. The molecular formula is C25H28N6O. The van der Waals surface area contributed by atoms with Crippen LogP contribution in [0.2, 0.25) is 0 Å². The minimum atomic E-state index is -0.0490. The number of benzene rings is 1. The highest BCUT2D eigenvalue weighted by Gasteiger charge is 2.29. The van der Waals surface area contributed by atoms with Crippen molar-refractivity contribution in [3.63, 3.8) is 0 Å². The second-order valence-corrected chi connectivity index (χ2v) is 9.44. The summed E-state index contributed by atoms with van der Waals surface area (Å²) >= 11 is 0. The van der Waals surface area contributed by atoms with Crippen LogP contribution in [0.25, 0.3) is 33.6 Å². The van der Waals surface area contributed by atoms with Crippen LogP contribution in [0.5, 0.6) is 0 Å². The normalized spacial score (nSPS) is 17.3. The number of imidazole rings is 1. The van der Waals surface area contributed by atoms with E-state index in [4.69, 9.17) is 15.7 Å². The van der Waals surface area contributed by atoms with Gasteiger partial charge in [-0.05, 0) is 43.9 Å². The van der Waals surface area contributed by atoms with Crippen LogP contribution in [-0.2, 0) is 20.0 Å². The SMILES string of the molecule is CC(N)CN1CCc2nc3c(cc2C1=O)nc(-c1cc2ccccc2n1CC1CC1)n3C. The van der Waals surface area contributed by atoms with E-state index >= 15 is 0 Å². The van der Waals surface area contributed by atoms with Gasteiger partial charge in [0.2, 0.25) is 0 Å². The molecule has 0 radical (unpaired) electrons. The molecule has 7 heteroatoms. The molecule has 1 aromatic carbocycles. The van der Waals surface area contributed by atoms with Gasteiger partial charge in [0.15, 0.2) is 11.5 Å². The molecule has 4 heterocycles. The number of aromatic nitrogens is 4. The lowest BCUT2D eigenvalue weighted by Crippen LogP contribution is -2.44. The Balaban J connectivity index is 1.48. The minimum Gasteiger partial charge on any atom is -0.338 e. The van der Waals surface area contributed by atoms with Crippen LogP contribution < -0.4 is 5.73 Å². The van der Waals surface area contributed by atoms with Gasteiger partial charge in [0, 0.05) is 50.0 Å². The number of rotatable bonds is 5. The topological polar surface area (TPSA) is 82.0 Å². The zero-order valence-electron chi connectivity index (χ0n) is 18.6. The number of carbonyl (C=O) groups excluding carboxylic acids is 1. The van der Waals surface area contributed by atoms with Crippen molar-refractivity contribution >= 4 is 28.0 Å². The molecular weight excluding hydrogens is 400 g/mol. The molecule has 1 saturated carbocycles. The number of carbonyl (C=O) groups is 1. The molecule has 7 nitrogen and oxygen atoms in total. The van der Waals surface area contributed by atoms with Gasteiger partial charge in [0.05, 0.1) is 17.0 Å². The van der Waals surface area contributed by atoms with Crippen LogP contribution in [0, 0.1) is 5.92 Å². The maximum Gasteiger partial charge on any atom is 0.255 e. The first-order valence-corrected chi connectivity index (χ1v) is 11.5. The van der Waals surface area contributed by atoms with Gasteiger partial charge >= 0.3 is 0 Å². The standard InChI is InChI=1S/C25H28N6O/c1-15(26)13-30-10-9-19-18(25(30)32)12-20-23(27-19)29(2)24(28-20)22-11-17-5-3-4-6-21(17)31(22)14-16-7-8-16/h3-6,11-12,15-16H,7-10,13-14,26H2,1-2H3. The Morgan fingerprint density at radius 2 is 2.00 bits per heavy atom. The van der Waals surface area contributed by atoms with Gasteiger partial charge in [0.25, 0.3) is 5.91 Å². The van der Waals surface area contributed by atoms with Gasteiger partial charge in [-0.3, -0.25) is 4.79 Å². The van der Waals surface area contributed by atoms with Crippen molar-refractivity contribution in [1.82, 2.24) is 24.0 Å². The monoisotopic (exact) mass is 428 g/mol. The maximum atomic E-state index is 13.0. The number of nitrogens with two attached hydrogens (primary N) is 1. The summed E-state index contributed by atoms with van der Waals surface area (Å²) in [5, 5.41) is 1.23. The molecule has 3 aromatic heterocycles. The molecule has 0 bridgehead atoms. The number of amides is 1. The molecule has 32 heavy (non-hydrogen) atoms. The quantitative estimate of drug-likeness (QED) is 0.529. The Morgan fingerprint density at radius 3 is 2.78 bits per heavy atom. The molecule has 2 N–H and O–H groups in total. The van der Waals surface area contributed by atoms with E-state index in [0.717, 1.165) is 47.3 Å². The Labute approximate surface area is 186 Å². The van der Waals surface area contributed by atoms with Gasteiger partial charge in [-0.2, -0.15) is 0 Å². The van der Waals surface area contributed by atoms with E-state index in [1.54, 1.807) is 0 Å². The predicted octanol–water partition coefficient (Wildman–Crippen LogP) is 3.35. The maximum absolute atomic E-state index is 13.0. The lowest BCUT2D eigenvalue weighted by atomic mass is 10.0. The van der Waals surface area contributed by atoms with Crippen molar-refractivity contribution < 1.29 is 4.79 Å². The number of hydrogen-bond donors (Lipinski definition) is 1. The molecule has 1 unspecified atom stereocenters. The molecule has 164 valence electrons. The van der Waals surface area contributed by atoms with Gasteiger partial charge in [0.1, 0.15) is 5.52 Å². The van der Waals surface area contributed by atoms with Crippen LogP contribution in [-0.4, -0.2) is 49.0 Å². The second-order valence-electron chi connectivity index (χ2n) is 9.44. The molecule has 1 atom stereocenters. The third-order valence-corrected chi connectivity index (χ3v) is 6.75. The molecule has 1 amide bonds. The van der Waals surface area contributed by atoms with Gasteiger partial charge in [-0.15, -0.1) is 0 Å². The van der Waals surface area contributed by atoms with Crippen molar-refractivity contribution in [1.29, 1.82) is 0 Å². The summed E-state index contributed by atoms with van der Waals surface area (Å²) in [6.07, 6.45) is 3.33. The smallest absolute Gasteiger partial charge is 0.255 e. The van der Waals surface area contributed by atoms with E-state index in [1.165, 1.54) is 23.7 Å². The van der Waals surface area contributed by atoms with Crippen LogP contribution in [0.15, 0.2) is 36.4 Å². The van der Waals surface area contributed by atoms with Crippen LogP contribution in [0.4, 0.5) is 0 Å². The number of fused-ring (bicyclic) bond motifs is 3. The first-order valence-electron chi connectivity index (χ1n) is 11.5. The fraction of sp³-hybridized carbons (Fsp3) is 0.400. The van der Waals surface area contributed by atoms with E-state index < -0.39 is 0 Å². The average Bonchev–Trinajstić information content (AvgIpc) is 3.45. The first-order chi connectivity index (χ1) is 15.5. The van der Waals surface area contributed by atoms with Crippen molar-refractivity contribution in [2.24, 2.45) is 18.7 Å². The van der Waals surface area contributed by atoms with Gasteiger partial charge < -0.3 is 19.8 Å². The van der Waals surface area contributed by atoms with E-state index in [0.29, 0.717) is 18.7 Å². The zero-order chi connectivity index (χ0) is 22.0. The average molecular weight is 429 g/mol. The van der Waals surface area contributed by atoms with Gasteiger partial charge in [-0.25, -0.2) is 9.97 Å². The molecule has 0 spiro atoms. The summed E-state index contributed by atoms with van der Waals surface area (Å²) in [5.74, 6) is 1.65. The lowest BCUT2D eigenvalue weighted by Gasteiger charge is -2.29. The predicted molar refractivity (Wildman–Crippen MR) is 125 cm³/mol. The molecule has 6 rings (SSSR count). The van der Waals surface area contributed by atoms with Crippen LogP contribution in [0.3, 0.4) is 0 Å². The first kappa shape index (κ1) is 19.5. The second kappa shape index (κ2) is 7.17. The summed E-state index contributed by atoms with van der Waals surface area (Å²) in [6, 6.07) is 12.6. The molecule has 4 aromatic rings. The van der Waals surface area contributed by atoms with Crippen molar-refractivity contribution in [3.05, 3.63) is 47.7 Å². The number of hydrogen-bond acceptors (Lipinski definition) is 4. The third kappa shape index (κ3) is 3.11. The summed E-state index contributed by atoms with van der Waals surface area (Å²) in [5.41, 5.74) is 11.4. The fourth-order valence-corrected chi connectivity index (χ4v) is 4.94. The Morgan fingerprint density at radius 1 is 1.19 bits per heavy atom. The highest BCUT2D eigenvalue weighted by Crippen LogP contribution is 2.36. The number of pyridine rings is 1. The zero-order valence-corrected chi connectivity index (χ0v) is 18.6. The van der Waals surface area contributed by atoms with E-state index in [9.17, 15) is 4.79 Å². The Kier molecular flexibility index (Phi) is 4.37. The highest BCUT2D eigenvalue weighted by atomic mass is 16.2. The summed E-state index contributed by atoms with van der Waals surface area (Å²) in [4.78, 5) is 24.8. The lowest BCUT2D eigenvalue weighted by molar-refractivity contribution is 0.0730. The van der Waals surface area contributed by atoms with Crippen molar-refractivity contribution in [3.8, 4) is 11.5 Å². The minimum absolute atomic E-state index is 0.00741. The summed E-state index contributed by atoms with van der Waals surface area (Å²) in [7, 11) is 2.02. The fourth-order valence-electron chi connectivity index (χ4n) is 4.94. The largest absolute Gasteiger partial charge is 0.338 e. The Bertz CT molecular complexity index is 1360. The van der Waals surface area contributed by atoms with Crippen LogP contribution in [0.1, 0.15) is 35.8 Å². The van der Waals surface area contributed by atoms with Crippen molar-refractivity contribution in [2.75, 3.05) is 13.1 Å². The molecule has 1 fully saturated rings. The molecule has 0 saturated heterocycles. The van der Waals surface area contributed by atoms with E-state index in [1.807, 2.05) is 24.9 Å². The molecule has 1 aliphatic carbocycles. The number of aryl methyl sites for hydroxylation is 1. The van der Waals surface area contributed by atoms with E-state index in [-0.39, 0.29) is 11.9 Å². The van der Waals surface area contributed by atoms with E-state index in [2.05, 4.69) is 39.5 Å². The van der Waals surface area contributed by atoms with Crippen molar-refractivity contribution in [2.45, 2.75) is 38.8 Å². The summed E-state index contributed by atoms with van der Waals surface area (Å²) < 4.78 is 4.48. The van der Waals surface area contributed by atoms with Gasteiger partial charge in [-0.1, -0.05) is 18.2 Å². The number of nitrogens with zero attached hydrogens (tertiary/aromatic N) is 5.